The first-order chi connectivity index (χ1) is 11.6. The fourth-order valence-corrected chi connectivity index (χ4v) is 4.73. The molecule has 0 aromatic heterocycles. The molecule has 1 unspecified atom stereocenters. The van der Waals surface area contributed by atoms with Gasteiger partial charge in [0.1, 0.15) is 4.90 Å². The lowest BCUT2D eigenvalue weighted by Crippen LogP contribution is -2.53. The molecule has 1 fully saturated rings. The monoisotopic (exact) mass is 425 g/mol. The third kappa shape index (κ3) is 4.61. The van der Waals surface area contributed by atoms with Crippen molar-refractivity contribution in [2.45, 2.75) is 30.2 Å². The van der Waals surface area contributed by atoms with E-state index in [9.17, 15) is 13.2 Å². The molecule has 0 aliphatic heterocycles. The molecule has 0 saturated heterocycles. The lowest BCUT2D eigenvalue weighted by molar-refractivity contribution is 0.0824. The van der Waals surface area contributed by atoms with Gasteiger partial charge in [0.2, 0.25) is 10.0 Å². The number of benzene rings is 1. The van der Waals surface area contributed by atoms with Crippen molar-refractivity contribution in [3.63, 3.8) is 0 Å². The topological polar surface area (TPSA) is 102 Å². The van der Waals surface area contributed by atoms with Gasteiger partial charge >= 0.3 is 0 Å². The number of methoxy groups -OCH3 is 1. The molecule has 1 aromatic rings. The summed E-state index contributed by atoms with van der Waals surface area (Å²) in [5.74, 6) is -0.245. The molecule has 1 aliphatic carbocycles. The number of rotatable bonds is 7. The van der Waals surface area contributed by atoms with Gasteiger partial charge in [0.25, 0.3) is 5.91 Å². The Morgan fingerprint density at radius 1 is 1.42 bits per heavy atom. The fraction of sp³-hybridized carbons (Fsp3) is 0.562. The fourth-order valence-electron chi connectivity index (χ4n) is 2.75. The Kier molecular flexibility index (Phi) is 7.34. The Morgan fingerprint density at radius 2 is 2.00 bits per heavy atom. The van der Waals surface area contributed by atoms with E-state index in [1.54, 1.807) is 21.0 Å². The van der Waals surface area contributed by atoms with Gasteiger partial charge in [-0.2, -0.15) is 0 Å². The average molecular weight is 426 g/mol. The van der Waals surface area contributed by atoms with E-state index in [4.69, 9.17) is 22.1 Å². The SMILES string of the molecule is COc1c(C(=O)N(C)C)cc(Cl)cc1S(=O)(=O)NC(C)(CN)C1CC1.Cl. The molecule has 10 heteroatoms. The van der Waals surface area contributed by atoms with Crippen molar-refractivity contribution < 1.29 is 17.9 Å². The molecule has 0 radical (unpaired) electrons. The van der Waals surface area contributed by atoms with E-state index in [1.165, 1.54) is 24.1 Å². The number of hydrogen-bond donors (Lipinski definition) is 2. The quantitative estimate of drug-likeness (QED) is 0.693. The minimum Gasteiger partial charge on any atom is -0.494 e. The molecule has 2 rings (SSSR count). The first-order valence-corrected chi connectivity index (χ1v) is 9.75. The molecule has 0 heterocycles. The van der Waals surface area contributed by atoms with Crippen molar-refractivity contribution in [3.8, 4) is 5.75 Å². The molecule has 1 aromatic carbocycles. The molecule has 0 bridgehead atoms. The standard InChI is InChI=1S/C16H24ClN3O4S.ClH/c1-16(9-18,10-5-6-10)19-25(22,23)13-8-11(17)7-12(14(13)24-4)15(21)20(2)3;/h7-8,10,19H,5-6,9,18H2,1-4H3;1H. The zero-order valence-electron chi connectivity index (χ0n) is 15.2. The highest BCUT2D eigenvalue weighted by Crippen LogP contribution is 2.41. The molecule has 1 saturated carbocycles. The number of nitrogens with two attached hydrogens (primary N) is 1. The van der Waals surface area contributed by atoms with Crippen LogP contribution in [0.25, 0.3) is 0 Å². The summed E-state index contributed by atoms with van der Waals surface area (Å²) in [5, 5.41) is 0.132. The molecule has 3 N–H and O–H groups in total. The summed E-state index contributed by atoms with van der Waals surface area (Å²) >= 11 is 6.07. The number of ether oxygens (including phenoxy) is 1. The van der Waals surface area contributed by atoms with E-state index in [-0.39, 0.29) is 46.1 Å². The molecule has 1 amide bonds. The maximum absolute atomic E-state index is 13.0. The Labute approximate surface area is 165 Å². The van der Waals surface area contributed by atoms with Crippen LogP contribution in [0.4, 0.5) is 0 Å². The second-order valence-corrected chi connectivity index (χ2v) is 8.77. The van der Waals surface area contributed by atoms with Crippen LogP contribution in [0.1, 0.15) is 30.1 Å². The number of carbonyl (C=O) groups is 1. The summed E-state index contributed by atoms with van der Waals surface area (Å²) in [6.45, 7) is 1.95. The van der Waals surface area contributed by atoms with E-state index in [1.807, 2.05) is 0 Å². The van der Waals surface area contributed by atoms with Crippen LogP contribution in [0.2, 0.25) is 5.02 Å². The van der Waals surface area contributed by atoms with Crippen molar-refractivity contribution >= 4 is 39.9 Å². The minimum atomic E-state index is -3.99. The molecule has 0 spiro atoms. The van der Waals surface area contributed by atoms with Gasteiger partial charge in [-0.25, -0.2) is 13.1 Å². The first kappa shape index (κ1) is 23.0. The number of carbonyl (C=O) groups excluding carboxylic acids is 1. The summed E-state index contributed by atoms with van der Waals surface area (Å²) < 4.78 is 33.9. The summed E-state index contributed by atoms with van der Waals surface area (Å²) in [7, 11) is 0.451. The second-order valence-electron chi connectivity index (χ2n) is 6.69. The van der Waals surface area contributed by atoms with Gasteiger partial charge < -0.3 is 15.4 Å². The zero-order valence-corrected chi connectivity index (χ0v) is 17.6. The molecule has 7 nitrogen and oxygen atoms in total. The minimum absolute atomic E-state index is 0. The van der Waals surface area contributed by atoms with E-state index in [2.05, 4.69) is 4.72 Å². The number of amides is 1. The van der Waals surface area contributed by atoms with Gasteiger partial charge in [-0.15, -0.1) is 12.4 Å². The Morgan fingerprint density at radius 3 is 2.42 bits per heavy atom. The summed E-state index contributed by atoms with van der Waals surface area (Å²) in [6.07, 6.45) is 1.85. The van der Waals surface area contributed by atoms with Gasteiger partial charge in [0.05, 0.1) is 12.7 Å². The number of nitrogens with zero attached hydrogens (tertiary/aromatic N) is 1. The lowest BCUT2D eigenvalue weighted by Gasteiger charge is -2.29. The summed E-state index contributed by atoms with van der Waals surface area (Å²) in [6, 6.07) is 2.67. The highest BCUT2D eigenvalue weighted by molar-refractivity contribution is 7.89. The third-order valence-electron chi connectivity index (χ3n) is 4.42. The van der Waals surface area contributed by atoms with Crippen LogP contribution >= 0.6 is 24.0 Å². The van der Waals surface area contributed by atoms with E-state index >= 15 is 0 Å². The van der Waals surface area contributed by atoms with Crippen LogP contribution < -0.4 is 15.2 Å². The Bertz CT molecular complexity index is 782. The maximum Gasteiger partial charge on any atom is 0.257 e. The molecule has 148 valence electrons. The van der Waals surface area contributed by atoms with Crippen LogP contribution in [0.15, 0.2) is 17.0 Å². The average Bonchev–Trinajstić information content (AvgIpc) is 3.38. The number of nitrogens with one attached hydrogen (secondary N) is 1. The van der Waals surface area contributed by atoms with Crippen LogP contribution in [0.5, 0.6) is 5.75 Å². The van der Waals surface area contributed by atoms with Crippen molar-refractivity contribution in [2.24, 2.45) is 11.7 Å². The van der Waals surface area contributed by atoms with Crippen molar-refractivity contribution in [2.75, 3.05) is 27.7 Å². The molecular weight excluding hydrogens is 401 g/mol. The predicted molar refractivity (Wildman–Crippen MR) is 104 cm³/mol. The highest BCUT2D eigenvalue weighted by atomic mass is 35.5. The molecule has 1 atom stereocenters. The van der Waals surface area contributed by atoms with Crippen molar-refractivity contribution in [1.82, 2.24) is 9.62 Å². The highest BCUT2D eigenvalue weighted by Gasteiger charge is 2.44. The van der Waals surface area contributed by atoms with Crippen molar-refractivity contribution in [1.29, 1.82) is 0 Å². The van der Waals surface area contributed by atoms with Crippen LogP contribution in [0.3, 0.4) is 0 Å². The van der Waals surface area contributed by atoms with Crippen LogP contribution in [-0.2, 0) is 10.0 Å². The second kappa shape index (κ2) is 8.31. The smallest absolute Gasteiger partial charge is 0.257 e. The molecule has 1 aliphatic rings. The summed E-state index contributed by atoms with van der Waals surface area (Å²) in [5.41, 5.74) is 5.14. The predicted octanol–water partition coefficient (Wildman–Crippen LogP) is 1.88. The zero-order chi connectivity index (χ0) is 19.0. The van der Waals surface area contributed by atoms with Gasteiger partial charge in [-0.1, -0.05) is 11.6 Å². The number of hydrogen-bond acceptors (Lipinski definition) is 5. The van der Waals surface area contributed by atoms with E-state index in [0.717, 1.165) is 12.8 Å². The summed E-state index contributed by atoms with van der Waals surface area (Å²) in [4.78, 5) is 13.5. The van der Waals surface area contributed by atoms with E-state index in [0.29, 0.717) is 0 Å². The maximum atomic E-state index is 13.0. The van der Waals surface area contributed by atoms with Gasteiger partial charge in [0.15, 0.2) is 5.75 Å². The van der Waals surface area contributed by atoms with E-state index < -0.39 is 21.5 Å². The molecular formula is C16H25Cl2N3O4S. The first-order valence-electron chi connectivity index (χ1n) is 7.89. The van der Waals surface area contributed by atoms with Gasteiger partial charge in [0, 0.05) is 31.2 Å². The number of halogens is 2. The lowest BCUT2D eigenvalue weighted by atomic mass is 9.98. The van der Waals surface area contributed by atoms with Gasteiger partial charge in [-0.3, -0.25) is 4.79 Å². The Balaban J connectivity index is 0.00000338. The largest absolute Gasteiger partial charge is 0.494 e. The van der Waals surface area contributed by atoms with Gasteiger partial charge in [-0.05, 0) is 37.8 Å². The normalized spacial score (nSPS) is 16.4. The van der Waals surface area contributed by atoms with Crippen molar-refractivity contribution in [3.05, 3.63) is 22.7 Å². The van der Waals surface area contributed by atoms with Crippen LogP contribution in [-0.4, -0.2) is 52.5 Å². The molecule has 26 heavy (non-hydrogen) atoms. The van der Waals surface area contributed by atoms with Crippen LogP contribution in [0, 0.1) is 5.92 Å². The number of sulfonamides is 1. The Hall–Kier alpha value is -1.06. The third-order valence-corrected chi connectivity index (χ3v) is 6.26.